The second kappa shape index (κ2) is 8.67. The van der Waals surface area contributed by atoms with Crippen molar-refractivity contribution >= 4 is 11.4 Å². The maximum absolute atomic E-state index is 5.68. The van der Waals surface area contributed by atoms with E-state index in [1.165, 1.54) is 0 Å². The van der Waals surface area contributed by atoms with Gasteiger partial charge in [0, 0.05) is 0 Å². The Kier molecular flexibility index (Phi) is 6.32. The van der Waals surface area contributed by atoms with Crippen molar-refractivity contribution < 1.29 is 9.47 Å². The zero-order valence-electron chi connectivity index (χ0n) is 14.2. The molecule has 0 bridgehead atoms. The topological polar surface area (TPSA) is 43.2 Å². The van der Waals surface area contributed by atoms with Crippen LogP contribution in [0, 0.1) is 0 Å². The van der Waals surface area contributed by atoms with Gasteiger partial charge in [0.25, 0.3) is 0 Å². The minimum absolute atomic E-state index is 0.460. The highest BCUT2D eigenvalue weighted by molar-refractivity contribution is 5.51. The Labute approximate surface area is 143 Å². The van der Waals surface area contributed by atoms with Crippen molar-refractivity contribution in [2.45, 2.75) is 13.8 Å². The number of azo groups is 1. The van der Waals surface area contributed by atoms with Crippen LogP contribution in [0.3, 0.4) is 0 Å². The van der Waals surface area contributed by atoms with E-state index in [4.69, 9.17) is 9.47 Å². The molecular formula is C20H22N2O2. The van der Waals surface area contributed by atoms with Crippen molar-refractivity contribution in [3.63, 3.8) is 0 Å². The van der Waals surface area contributed by atoms with E-state index < -0.39 is 0 Å². The molecule has 0 fully saturated rings. The van der Waals surface area contributed by atoms with E-state index in [2.05, 4.69) is 23.4 Å². The summed E-state index contributed by atoms with van der Waals surface area (Å²) in [5, 5.41) is 8.52. The first-order valence-electron chi connectivity index (χ1n) is 7.70. The molecule has 0 aliphatic heterocycles. The standard InChI is InChI=1S/C20H22N2O2/c1-15(2)13-23-18-11-9-17(10-12-18)21-22-19-7-5-6-8-20(19)24-14-16(3)4/h5-12H,1,3,13-14H2,2,4H3. The minimum atomic E-state index is 0.460. The molecule has 2 aromatic carbocycles. The van der Waals surface area contributed by atoms with Gasteiger partial charge in [-0.3, -0.25) is 0 Å². The van der Waals surface area contributed by atoms with E-state index in [1.54, 1.807) is 0 Å². The zero-order chi connectivity index (χ0) is 17.4. The summed E-state index contributed by atoms with van der Waals surface area (Å²) in [5.41, 5.74) is 3.35. The molecule has 0 aromatic heterocycles. The van der Waals surface area contributed by atoms with Gasteiger partial charge in [-0.25, -0.2) is 0 Å². The van der Waals surface area contributed by atoms with Crippen LogP contribution in [0.2, 0.25) is 0 Å². The van der Waals surface area contributed by atoms with Crippen LogP contribution in [0.1, 0.15) is 13.8 Å². The smallest absolute Gasteiger partial charge is 0.147 e. The van der Waals surface area contributed by atoms with E-state index in [9.17, 15) is 0 Å². The van der Waals surface area contributed by atoms with Crippen LogP contribution in [-0.2, 0) is 0 Å². The van der Waals surface area contributed by atoms with Crippen molar-refractivity contribution in [3.8, 4) is 11.5 Å². The summed E-state index contributed by atoms with van der Waals surface area (Å²) in [4.78, 5) is 0. The third kappa shape index (κ3) is 5.72. The normalized spacial score (nSPS) is 10.6. The first-order chi connectivity index (χ1) is 11.5. The molecule has 0 saturated heterocycles. The van der Waals surface area contributed by atoms with Crippen LogP contribution in [0.4, 0.5) is 11.4 Å². The fourth-order valence-electron chi connectivity index (χ4n) is 1.79. The van der Waals surface area contributed by atoms with Crippen molar-refractivity contribution in [1.29, 1.82) is 0 Å². The molecule has 0 atom stereocenters. The Hall–Kier alpha value is -2.88. The number of para-hydroxylation sites is 1. The number of ether oxygens (including phenoxy) is 2. The highest BCUT2D eigenvalue weighted by Gasteiger charge is 2.02. The van der Waals surface area contributed by atoms with Gasteiger partial charge in [0.05, 0.1) is 5.69 Å². The average molecular weight is 322 g/mol. The number of rotatable bonds is 8. The molecule has 4 heteroatoms. The SMILES string of the molecule is C=C(C)COc1ccc(N=Nc2ccccc2OCC(=C)C)cc1. The molecule has 0 aliphatic carbocycles. The van der Waals surface area contributed by atoms with Crippen LogP contribution in [0.15, 0.2) is 83.1 Å². The summed E-state index contributed by atoms with van der Waals surface area (Å²) in [6.45, 7) is 12.5. The number of hydrogen-bond acceptors (Lipinski definition) is 4. The summed E-state index contributed by atoms with van der Waals surface area (Å²) < 4.78 is 11.2. The molecule has 124 valence electrons. The quantitative estimate of drug-likeness (QED) is 0.441. The van der Waals surface area contributed by atoms with Crippen LogP contribution < -0.4 is 9.47 Å². The molecule has 2 rings (SSSR count). The largest absolute Gasteiger partial charge is 0.489 e. The van der Waals surface area contributed by atoms with E-state index in [-0.39, 0.29) is 0 Å². The first kappa shape index (κ1) is 17.5. The fourth-order valence-corrected chi connectivity index (χ4v) is 1.79. The summed E-state index contributed by atoms with van der Waals surface area (Å²) in [5.74, 6) is 1.47. The van der Waals surface area contributed by atoms with Gasteiger partial charge in [-0.1, -0.05) is 25.3 Å². The van der Waals surface area contributed by atoms with E-state index in [0.29, 0.717) is 24.7 Å². The number of benzene rings is 2. The lowest BCUT2D eigenvalue weighted by atomic mass is 10.3. The van der Waals surface area contributed by atoms with Crippen LogP contribution in [-0.4, -0.2) is 13.2 Å². The molecule has 0 radical (unpaired) electrons. The highest BCUT2D eigenvalue weighted by atomic mass is 16.5. The Morgan fingerprint density at radius 3 is 2.12 bits per heavy atom. The van der Waals surface area contributed by atoms with Crippen molar-refractivity contribution in [3.05, 3.63) is 72.8 Å². The lowest BCUT2D eigenvalue weighted by Crippen LogP contribution is -1.97. The van der Waals surface area contributed by atoms with Crippen molar-refractivity contribution in [2.24, 2.45) is 10.2 Å². The first-order valence-corrected chi connectivity index (χ1v) is 7.70. The summed E-state index contributed by atoms with van der Waals surface area (Å²) in [7, 11) is 0. The minimum Gasteiger partial charge on any atom is -0.489 e. The third-order valence-corrected chi connectivity index (χ3v) is 2.93. The highest BCUT2D eigenvalue weighted by Crippen LogP contribution is 2.29. The molecule has 2 aromatic rings. The Balaban J connectivity index is 2.05. The Morgan fingerprint density at radius 1 is 0.833 bits per heavy atom. The van der Waals surface area contributed by atoms with Crippen LogP contribution >= 0.6 is 0 Å². The summed E-state index contributed by atoms with van der Waals surface area (Å²) >= 11 is 0. The molecule has 0 spiro atoms. The molecule has 0 aliphatic rings. The predicted octanol–water partition coefficient (Wildman–Crippen LogP) is 6.01. The Bertz CT molecular complexity index is 734. The molecule has 0 saturated carbocycles. The lowest BCUT2D eigenvalue weighted by Gasteiger charge is -2.07. The average Bonchev–Trinajstić information content (AvgIpc) is 2.57. The second-order valence-electron chi connectivity index (χ2n) is 5.65. The molecular weight excluding hydrogens is 300 g/mol. The molecule has 0 heterocycles. The van der Waals surface area contributed by atoms with Gasteiger partial charge >= 0.3 is 0 Å². The van der Waals surface area contributed by atoms with Crippen molar-refractivity contribution in [1.82, 2.24) is 0 Å². The van der Waals surface area contributed by atoms with Crippen LogP contribution in [0.25, 0.3) is 0 Å². The molecule has 0 amide bonds. The lowest BCUT2D eigenvalue weighted by molar-refractivity contribution is 0.352. The maximum atomic E-state index is 5.68. The van der Waals surface area contributed by atoms with Gasteiger partial charge < -0.3 is 9.47 Å². The summed E-state index contributed by atoms with van der Waals surface area (Å²) in [6.07, 6.45) is 0. The summed E-state index contributed by atoms with van der Waals surface area (Å²) in [6, 6.07) is 15.0. The van der Waals surface area contributed by atoms with Gasteiger partial charge in [0.1, 0.15) is 30.4 Å². The van der Waals surface area contributed by atoms with Gasteiger partial charge in [-0.05, 0) is 61.4 Å². The van der Waals surface area contributed by atoms with Crippen LogP contribution in [0.5, 0.6) is 11.5 Å². The molecule has 0 N–H and O–H groups in total. The fraction of sp³-hybridized carbons (Fsp3) is 0.200. The maximum Gasteiger partial charge on any atom is 0.147 e. The van der Waals surface area contributed by atoms with E-state index >= 15 is 0 Å². The van der Waals surface area contributed by atoms with E-state index in [1.807, 2.05) is 62.4 Å². The molecule has 0 unspecified atom stereocenters. The zero-order valence-corrected chi connectivity index (χ0v) is 14.2. The number of nitrogens with zero attached hydrogens (tertiary/aromatic N) is 2. The predicted molar refractivity (Wildman–Crippen MR) is 97.7 cm³/mol. The molecule has 4 nitrogen and oxygen atoms in total. The van der Waals surface area contributed by atoms with Gasteiger partial charge in [-0.2, -0.15) is 5.11 Å². The third-order valence-electron chi connectivity index (χ3n) is 2.93. The monoisotopic (exact) mass is 322 g/mol. The number of hydrogen-bond donors (Lipinski definition) is 0. The van der Waals surface area contributed by atoms with Gasteiger partial charge in [-0.15, -0.1) is 5.11 Å². The molecule has 24 heavy (non-hydrogen) atoms. The second-order valence-corrected chi connectivity index (χ2v) is 5.65. The van der Waals surface area contributed by atoms with Gasteiger partial charge in [0.2, 0.25) is 0 Å². The Morgan fingerprint density at radius 2 is 1.46 bits per heavy atom. The van der Waals surface area contributed by atoms with E-state index in [0.717, 1.165) is 22.6 Å². The van der Waals surface area contributed by atoms with Gasteiger partial charge in [0.15, 0.2) is 0 Å². The van der Waals surface area contributed by atoms with Crippen molar-refractivity contribution in [2.75, 3.05) is 13.2 Å².